The van der Waals surface area contributed by atoms with Crippen LogP contribution in [-0.2, 0) is 19.1 Å². The van der Waals surface area contributed by atoms with Crippen LogP contribution in [0.4, 0.5) is 5.82 Å². The van der Waals surface area contributed by atoms with E-state index in [-0.39, 0.29) is 37.1 Å². The molecule has 8 heteroatoms. The molecular formula is C19H30N4O4. The lowest BCUT2D eigenvalue weighted by Crippen LogP contribution is -2.42. The molecule has 2 N–H and O–H groups in total. The monoisotopic (exact) mass is 378 g/mol. The van der Waals surface area contributed by atoms with E-state index in [1.165, 1.54) is 12.0 Å². The van der Waals surface area contributed by atoms with E-state index in [1.54, 1.807) is 24.4 Å². The van der Waals surface area contributed by atoms with Gasteiger partial charge in [0.1, 0.15) is 5.82 Å². The summed E-state index contributed by atoms with van der Waals surface area (Å²) in [7, 11) is 1.53. The minimum Gasteiger partial charge on any atom is -0.383 e. The molecule has 0 aliphatic carbocycles. The number of rotatable bonds is 12. The maximum absolute atomic E-state index is 12.4. The van der Waals surface area contributed by atoms with Crippen molar-refractivity contribution in [3.63, 3.8) is 0 Å². The van der Waals surface area contributed by atoms with Gasteiger partial charge in [-0.2, -0.15) is 0 Å². The van der Waals surface area contributed by atoms with Crippen molar-refractivity contribution in [3.05, 3.63) is 24.4 Å². The van der Waals surface area contributed by atoms with Gasteiger partial charge in [0.2, 0.25) is 17.7 Å². The predicted molar refractivity (Wildman–Crippen MR) is 103 cm³/mol. The number of nitrogens with one attached hydrogen (secondary N) is 2. The molecule has 27 heavy (non-hydrogen) atoms. The van der Waals surface area contributed by atoms with Gasteiger partial charge < -0.3 is 20.3 Å². The number of amides is 3. The van der Waals surface area contributed by atoms with E-state index in [4.69, 9.17) is 4.74 Å². The standard InChI is InChI=1S/C19H30N4O4/c1-15(2)9-11-21-18(25)14-23(12-13-27-3)19(26)8-7-17(24)22-16-6-4-5-10-20-16/h4-6,10,15H,7-9,11-14H2,1-3H3,(H,21,25)(H,20,22,24). The third kappa shape index (κ3) is 10.3. The minimum absolute atomic E-state index is 0.0155. The van der Waals surface area contributed by atoms with Crippen molar-refractivity contribution in [2.45, 2.75) is 33.1 Å². The molecule has 8 nitrogen and oxygen atoms in total. The molecule has 0 unspecified atom stereocenters. The van der Waals surface area contributed by atoms with Crippen LogP contribution in [-0.4, -0.2) is 61.0 Å². The van der Waals surface area contributed by atoms with E-state index in [2.05, 4.69) is 29.5 Å². The number of carbonyl (C=O) groups is 3. The Balaban J connectivity index is 2.46. The number of methoxy groups -OCH3 is 1. The minimum atomic E-state index is -0.296. The number of ether oxygens (including phenoxy) is 1. The number of anilines is 1. The number of aromatic nitrogens is 1. The summed E-state index contributed by atoms with van der Waals surface area (Å²) >= 11 is 0. The van der Waals surface area contributed by atoms with E-state index in [0.717, 1.165) is 6.42 Å². The highest BCUT2D eigenvalue weighted by Crippen LogP contribution is 2.04. The van der Waals surface area contributed by atoms with Gasteiger partial charge in [-0.15, -0.1) is 0 Å². The Hall–Kier alpha value is -2.48. The first-order chi connectivity index (χ1) is 12.9. The predicted octanol–water partition coefficient (Wildman–Crippen LogP) is 1.44. The Bertz CT molecular complexity index is 593. The topological polar surface area (TPSA) is 101 Å². The molecule has 0 atom stereocenters. The van der Waals surface area contributed by atoms with Crippen LogP contribution in [0.15, 0.2) is 24.4 Å². The number of carbonyl (C=O) groups excluding carboxylic acids is 3. The van der Waals surface area contributed by atoms with E-state index < -0.39 is 0 Å². The second kappa shape index (κ2) is 12.8. The molecular weight excluding hydrogens is 348 g/mol. The van der Waals surface area contributed by atoms with Crippen molar-refractivity contribution in [1.29, 1.82) is 0 Å². The van der Waals surface area contributed by atoms with Crippen molar-refractivity contribution < 1.29 is 19.1 Å². The summed E-state index contributed by atoms with van der Waals surface area (Å²) in [6.07, 6.45) is 2.49. The smallest absolute Gasteiger partial charge is 0.239 e. The zero-order valence-corrected chi connectivity index (χ0v) is 16.4. The molecule has 3 amide bonds. The molecule has 0 radical (unpaired) electrons. The molecule has 0 aliphatic rings. The molecule has 0 aliphatic heterocycles. The molecule has 0 bridgehead atoms. The second-order valence-corrected chi connectivity index (χ2v) is 6.60. The number of hydrogen-bond acceptors (Lipinski definition) is 5. The van der Waals surface area contributed by atoms with Crippen molar-refractivity contribution in [1.82, 2.24) is 15.2 Å². The maximum Gasteiger partial charge on any atom is 0.239 e. The average molecular weight is 378 g/mol. The Morgan fingerprint density at radius 2 is 1.96 bits per heavy atom. The zero-order valence-electron chi connectivity index (χ0n) is 16.4. The lowest BCUT2D eigenvalue weighted by molar-refractivity contribution is -0.137. The SMILES string of the molecule is COCCN(CC(=O)NCCC(C)C)C(=O)CCC(=O)Nc1ccccn1. The molecule has 1 aromatic heterocycles. The lowest BCUT2D eigenvalue weighted by atomic mass is 10.1. The normalized spacial score (nSPS) is 10.5. The van der Waals surface area contributed by atoms with Crippen molar-refractivity contribution in [2.24, 2.45) is 5.92 Å². The molecule has 0 aromatic carbocycles. The summed E-state index contributed by atoms with van der Waals surface area (Å²) in [5, 5.41) is 5.45. The summed E-state index contributed by atoms with van der Waals surface area (Å²) in [6.45, 7) is 5.32. The van der Waals surface area contributed by atoms with Crippen LogP contribution >= 0.6 is 0 Å². The largest absolute Gasteiger partial charge is 0.383 e. The number of nitrogens with zero attached hydrogens (tertiary/aromatic N) is 2. The Morgan fingerprint density at radius 3 is 2.59 bits per heavy atom. The summed E-state index contributed by atoms with van der Waals surface area (Å²) in [5.74, 6) is 0.167. The van der Waals surface area contributed by atoms with Crippen LogP contribution in [0.3, 0.4) is 0 Å². The molecule has 1 rings (SSSR count). The fourth-order valence-electron chi connectivity index (χ4n) is 2.24. The highest BCUT2D eigenvalue weighted by atomic mass is 16.5. The highest BCUT2D eigenvalue weighted by Gasteiger charge is 2.18. The lowest BCUT2D eigenvalue weighted by Gasteiger charge is -2.22. The van der Waals surface area contributed by atoms with E-state index in [1.807, 2.05) is 0 Å². The van der Waals surface area contributed by atoms with Gasteiger partial charge in [0.05, 0.1) is 13.2 Å². The van der Waals surface area contributed by atoms with E-state index >= 15 is 0 Å². The van der Waals surface area contributed by atoms with Gasteiger partial charge in [0, 0.05) is 39.2 Å². The van der Waals surface area contributed by atoms with Crippen LogP contribution < -0.4 is 10.6 Å². The van der Waals surface area contributed by atoms with Gasteiger partial charge in [-0.1, -0.05) is 19.9 Å². The first kappa shape index (κ1) is 22.6. The van der Waals surface area contributed by atoms with Crippen molar-refractivity contribution >= 4 is 23.5 Å². The van der Waals surface area contributed by atoms with Crippen molar-refractivity contribution in [3.8, 4) is 0 Å². The fraction of sp³-hybridized carbons (Fsp3) is 0.579. The first-order valence-electron chi connectivity index (χ1n) is 9.16. The third-order valence-corrected chi connectivity index (χ3v) is 3.79. The van der Waals surface area contributed by atoms with Gasteiger partial charge in [0.15, 0.2) is 0 Å². The summed E-state index contributed by atoms with van der Waals surface area (Å²) in [4.78, 5) is 41.8. The van der Waals surface area contributed by atoms with Gasteiger partial charge >= 0.3 is 0 Å². The molecule has 150 valence electrons. The molecule has 0 fully saturated rings. The molecule has 0 saturated heterocycles. The molecule has 0 saturated carbocycles. The van der Waals surface area contributed by atoms with E-state index in [9.17, 15) is 14.4 Å². The Kier molecular flexibility index (Phi) is 10.7. The quantitative estimate of drug-likeness (QED) is 0.573. The van der Waals surface area contributed by atoms with Crippen LogP contribution in [0.25, 0.3) is 0 Å². The van der Waals surface area contributed by atoms with Gasteiger partial charge in [0.25, 0.3) is 0 Å². The third-order valence-electron chi connectivity index (χ3n) is 3.79. The fourth-order valence-corrected chi connectivity index (χ4v) is 2.24. The summed E-state index contributed by atoms with van der Waals surface area (Å²) in [6, 6.07) is 5.18. The first-order valence-corrected chi connectivity index (χ1v) is 9.16. The Morgan fingerprint density at radius 1 is 1.19 bits per heavy atom. The second-order valence-electron chi connectivity index (χ2n) is 6.60. The number of pyridine rings is 1. The molecule has 1 heterocycles. The van der Waals surface area contributed by atoms with E-state index in [0.29, 0.717) is 31.4 Å². The summed E-state index contributed by atoms with van der Waals surface area (Å²) < 4.78 is 5.01. The van der Waals surface area contributed by atoms with Gasteiger partial charge in [-0.05, 0) is 24.5 Å². The summed E-state index contributed by atoms with van der Waals surface area (Å²) in [5.41, 5.74) is 0. The van der Waals surface area contributed by atoms with Crippen LogP contribution in [0.1, 0.15) is 33.1 Å². The zero-order chi connectivity index (χ0) is 20.1. The van der Waals surface area contributed by atoms with Gasteiger partial charge in [-0.3, -0.25) is 14.4 Å². The van der Waals surface area contributed by atoms with Crippen LogP contribution in [0.5, 0.6) is 0 Å². The maximum atomic E-state index is 12.4. The molecule has 1 aromatic rings. The average Bonchev–Trinajstić information content (AvgIpc) is 2.63. The molecule has 0 spiro atoms. The van der Waals surface area contributed by atoms with Gasteiger partial charge in [-0.25, -0.2) is 4.98 Å². The van der Waals surface area contributed by atoms with Crippen molar-refractivity contribution in [2.75, 3.05) is 38.7 Å². The highest BCUT2D eigenvalue weighted by molar-refractivity contribution is 5.93. The van der Waals surface area contributed by atoms with Crippen LogP contribution in [0.2, 0.25) is 0 Å². The number of hydrogen-bond donors (Lipinski definition) is 2. The van der Waals surface area contributed by atoms with Crippen LogP contribution in [0, 0.1) is 5.92 Å². The Labute approximate surface area is 160 Å².